The van der Waals surface area contributed by atoms with Crippen LogP contribution in [-0.2, 0) is 33.7 Å². The van der Waals surface area contributed by atoms with Crippen LogP contribution in [0.4, 0.5) is 0 Å². The molecule has 70 heavy (non-hydrogen) atoms. The second-order valence-corrected chi connectivity index (χ2v) is 26.2. The van der Waals surface area contributed by atoms with Gasteiger partial charge in [-0.2, -0.15) is 41.6 Å². The summed E-state index contributed by atoms with van der Waals surface area (Å²) < 4.78 is 0. The Morgan fingerprint density at radius 2 is 0.886 bits per heavy atom. The van der Waals surface area contributed by atoms with Crippen LogP contribution >= 0.6 is 17.0 Å². The van der Waals surface area contributed by atoms with E-state index in [1.54, 1.807) is 0 Å². The van der Waals surface area contributed by atoms with Crippen molar-refractivity contribution in [2.45, 2.75) is 158 Å². The van der Waals surface area contributed by atoms with Crippen molar-refractivity contribution in [2.24, 2.45) is 0 Å². The number of hydrogen-bond donors (Lipinski definition) is 0. The first kappa shape index (κ1) is 55.5. The Labute approximate surface area is 445 Å². The molecule has 0 nitrogen and oxygen atoms in total. The number of aryl methyl sites for hydroxylation is 2. The molecule has 8 aromatic carbocycles. The molecular weight excluding hydrogens is 983 g/mol. The van der Waals surface area contributed by atoms with E-state index in [0.717, 1.165) is 22.4 Å². The Morgan fingerprint density at radius 3 is 1.27 bits per heavy atom. The standard InChI is InChI=1S/2C27H35.C12H7Si.2ClH.Zr/c2*1-8-9-20-10-11-21-12-24(19(6)7)16-26(21)27(20)25-14-22(17(2)3)13-23(15-25)18(4)5;1-3-7-11-9(5-1)10-6-2-4-8-12(10)13-11;;;/h2*10-19H,8-9H2,1-7H3;1-7H;2*1H;/q3*-1;;;+2/p-2. The zero-order valence-corrected chi connectivity index (χ0v) is 49.6. The minimum absolute atomic E-state index is 0.544. The van der Waals surface area contributed by atoms with Crippen molar-refractivity contribution >= 4 is 58.5 Å². The predicted octanol–water partition coefficient (Wildman–Crippen LogP) is 19.6. The molecule has 8 aromatic rings. The largest absolute Gasteiger partial charge is 0.184 e. The average Bonchev–Trinajstić information content (AvgIpc) is 4.08. The van der Waals surface area contributed by atoms with Gasteiger partial charge in [-0.25, -0.2) is 0 Å². The van der Waals surface area contributed by atoms with Crippen molar-refractivity contribution in [3.8, 4) is 33.4 Å². The van der Waals surface area contributed by atoms with Gasteiger partial charge in [0.1, 0.15) is 0 Å². The zero-order valence-electron chi connectivity index (χ0n) is 44.7. The van der Waals surface area contributed by atoms with E-state index in [9.17, 15) is 0 Å². The summed E-state index contributed by atoms with van der Waals surface area (Å²) in [6, 6.07) is 51.7. The molecule has 2 radical (unpaired) electrons. The summed E-state index contributed by atoms with van der Waals surface area (Å²) in [6.07, 6.45) is 4.63. The number of rotatable bonds is 12. The fourth-order valence-electron chi connectivity index (χ4n) is 9.71. The van der Waals surface area contributed by atoms with Crippen LogP contribution in [0.5, 0.6) is 0 Å². The summed E-state index contributed by atoms with van der Waals surface area (Å²) in [5.74, 6) is 3.30. The molecule has 0 fully saturated rings. The average molecular weight is 1060 g/mol. The van der Waals surface area contributed by atoms with Gasteiger partial charge in [-0.05, 0) is 81.7 Å². The molecule has 0 bridgehead atoms. The number of fused-ring (bicyclic) bond motifs is 5. The molecule has 0 amide bonds. The zero-order chi connectivity index (χ0) is 50.8. The van der Waals surface area contributed by atoms with E-state index >= 15 is 0 Å². The van der Waals surface area contributed by atoms with Gasteiger partial charge in [0.2, 0.25) is 0 Å². The second kappa shape index (κ2) is 25.7. The molecule has 1 heterocycles. The summed E-state index contributed by atoms with van der Waals surface area (Å²) in [6.45, 7) is 32.1. The number of benzene rings is 6. The van der Waals surface area contributed by atoms with Crippen LogP contribution in [0.1, 0.15) is 190 Å². The topological polar surface area (TPSA) is 0 Å². The quantitative estimate of drug-likeness (QED) is 0.0845. The van der Waals surface area contributed by atoms with Crippen LogP contribution in [-0.4, -0.2) is 9.52 Å². The first-order chi connectivity index (χ1) is 33.5. The van der Waals surface area contributed by atoms with Crippen molar-refractivity contribution in [1.29, 1.82) is 0 Å². The molecule has 0 aromatic heterocycles. The molecule has 0 atom stereocenters. The van der Waals surface area contributed by atoms with Crippen LogP contribution in [0.25, 0.3) is 54.9 Å². The third-order valence-corrected chi connectivity index (χ3v) is 15.3. The first-order valence-electron chi connectivity index (χ1n) is 26.1. The van der Waals surface area contributed by atoms with Gasteiger partial charge in [-0.15, -0.1) is 74.6 Å². The molecule has 0 aliphatic carbocycles. The summed E-state index contributed by atoms with van der Waals surface area (Å²) in [5, 5.41) is 8.45. The van der Waals surface area contributed by atoms with E-state index in [1.807, 2.05) is 6.07 Å². The fraction of sp³-hybridized carbons (Fsp3) is 0.364. The number of halogens is 2. The van der Waals surface area contributed by atoms with Gasteiger partial charge in [0.25, 0.3) is 0 Å². The van der Waals surface area contributed by atoms with Crippen molar-refractivity contribution in [2.75, 3.05) is 0 Å². The van der Waals surface area contributed by atoms with Crippen molar-refractivity contribution in [3.63, 3.8) is 0 Å². The molecule has 9 rings (SSSR count). The summed E-state index contributed by atoms with van der Waals surface area (Å²) in [4.78, 5) is 0. The molecule has 366 valence electrons. The molecule has 0 saturated heterocycles. The molecule has 4 heteroatoms. The van der Waals surface area contributed by atoms with E-state index < -0.39 is 20.8 Å². The molecule has 0 unspecified atom stereocenters. The SMILES string of the molecule is CCCc1ccc2[cH-]c(C(C)C)cc2c1-c1cc(C(C)C)cc(C(C)C)c1.CCCc1ccc2[cH-]c(C(C)C)cc2c1-c1cc(C(C)C)cc(C(C)C)c1.[Cl][Zr][Cl].[c-]1cccc2c1[Si]c1ccccc1-2. The van der Waals surface area contributed by atoms with Gasteiger partial charge in [0.05, 0.1) is 9.52 Å². The second-order valence-electron chi connectivity index (χ2n) is 21.2. The predicted molar refractivity (Wildman–Crippen MR) is 310 cm³/mol. The maximum absolute atomic E-state index is 4.93. The maximum atomic E-state index is 4.93. The molecule has 1 aliphatic heterocycles. The first-order valence-corrected chi connectivity index (χ1v) is 33.4. The van der Waals surface area contributed by atoms with Gasteiger partial charge < -0.3 is 0 Å². The van der Waals surface area contributed by atoms with Gasteiger partial charge in [0.15, 0.2) is 0 Å². The van der Waals surface area contributed by atoms with Crippen LogP contribution in [0, 0.1) is 6.07 Å². The normalized spacial score (nSPS) is 11.8. The molecule has 0 spiro atoms. The summed E-state index contributed by atoms with van der Waals surface area (Å²) in [5.41, 5.74) is 20.2. The van der Waals surface area contributed by atoms with Crippen molar-refractivity contribution in [1.82, 2.24) is 0 Å². The van der Waals surface area contributed by atoms with Crippen LogP contribution in [0.15, 0.2) is 127 Å². The summed E-state index contributed by atoms with van der Waals surface area (Å²) >= 11 is -0.826. The molecular formula is C66H77Cl2SiZr-3. The van der Waals surface area contributed by atoms with Crippen LogP contribution in [0.2, 0.25) is 0 Å². The van der Waals surface area contributed by atoms with Gasteiger partial charge >= 0.3 is 37.9 Å². The Kier molecular flexibility index (Phi) is 20.4. The smallest absolute Gasteiger partial charge is 0.0920 e. The Morgan fingerprint density at radius 1 is 0.486 bits per heavy atom. The Bertz CT molecular complexity index is 2700. The van der Waals surface area contributed by atoms with Gasteiger partial charge in [-0.1, -0.05) is 203 Å². The third-order valence-electron chi connectivity index (χ3n) is 13.9. The van der Waals surface area contributed by atoms with Gasteiger partial charge in [-0.3, -0.25) is 0 Å². The monoisotopic (exact) mass is 1060 g/mol. The maximum Gasteiger partial charge on any atom is 0.0920 e. The number of hydrogen-bond acceptors (Lipinski definition) is 0. The van der Waals surface area contributed by atoms with E-state index in [4.69, 9.17) is 17.0 Å². The third kappa shape index (κ3) is 13.4. The Hall–Kier alpha value is -3.78. The van der Waals surface area contributed by atoms with E-state index in [0.29, 0.717) is 35.5 Å². The van der Waals surface area contributed by atoms with E-state index in [-0.39, 0.29) is 0 Å². The molecule has 0 saturated carbocycles. The fourth-order valence-corrected chi connectivity index (χ4v) is 11.0. The van der Waals surface area contributed by atoms with Crippen molar-refractivity contribution in [3.05, 3.63) is 178 Å². The van der Waals surface area contributed by atoms with Crippen molar-refractivity contribution < 1.29 is 20.8 Å². The van der Waals surface area contributed by atoms with Gasteiger partial charge in [0, 0.05) is 0 Å². The summed E-state index contributed by atoms with van der Waals surface area (Å²) in [7, 11) is 10.7. The molecule has 0 N–H and O–H groups in total. The van der Waals surface area contributed by atoms with E-state index in [1.165, 1.54) is 123 Å². The molecule has 1 aliphatic rings. The minimum Gasteiger partial charge on any atom is -0.184 e. The Balaban J connectivity index is 0.000000176. The minimum atomic E-state index is -0.826. The van der Waals surface area contributed by atoms with Crippen LogP contribution < -0.4 is 10.4 Å². The van der Waals surface area contributed by atoms with Crippen LogP contribution in [0.3, 0.4) is 0 Å². The van der Waals surface area contributed by atoms with E-state index in [2.05, 4.69) is 224 Å².